The van der Waals surface area contributed by atoms with Gasteiger partial charge < -0.3 is 29.0 Å². The normalized spacial score (nSPS) is 23.4. The van der Waals surface area contributed by atoms with Crippen molar-refractivity contribution in [2.45, 2.75) is 39.0 Å². The Bertz CT molecular complexity index is 790. The lowest BCUT2D eigenvalue weighted by Gasteiger charge is -2.36. The Hall–Kier alpha value is -2.29. The van der Waals surface area contributed by atoms with Gasteiger partial charge in [0.2, 0.25) is 13.1 Å². The van der Waals surface area contributed by atoms with E-state index in [1.807, 2.05) is 23.1 Å². The molecule has 1 amide bonds. The van der Waals surface area contributed by atoms with Gasteiger partial charge in [-0.3, -0.25) is 9.69 Å². The van der Waals surface area contributed by atoms with Gasteiger partial charge in [-0.05, 0) is 42.5 Å². The van der Waals surface area contributed by atoms with Crippen molar-refractivity contribution in [3.8, 4) is 11.5 Å². The highest BCUT2D eigenvalue weighted by atomic mass is 16.7. The number of hydrogen-bond acceptors (Lipinski definition) is 7. The van der Waals surface area contributed by atoms with E-state index in [2.05, 4.69) is 17.9 Å². The number of rotatable bonds is 8. The minimum atomic E-state index is -0.398. The van der Waals surface area contributed by atoms with E-state index >= 15 is 0 Å². The Morgan fingerprint density at radius 2 is 1.97 bits per heavy atom. The van der Waals surface area contributed by atoms with Gasteiger partial charge in [0.1, 0.15) is 0 Å². The number of benzene rings is 1. The molecule has 0 spiro atoms. The smallest absolute Gasteiger partial charge is 0.288 e. The van der Waals surface area contributed by atoms with Crippen molar-refractivity contribution in [1.82, 2.24) is 9.80 Å². The maximum atomic E-state index is 13.0. The van der Waals surface area contributed by atoms with E-state index < -0.39 is 6.29 Å². The summed E-state index contributed by atoms with van der Waals surface area (Å²) < 4.78 is 22.5. The Kier molecular flexibility index (Phi) is 7.32. The number of carbonyl (C=O) groups excluding carboxylic acids is 1. The minimum absolute atomic E-state index is 0.0572. The van der Waals surface area contributed by atoms with Gasteiger partial charge >= 0.3 is 0 Å². The average Bonchev–Trinajstić information content (AvgIpc) is 3.24. The summed E-state index contributed by atoms with van der Waals surface area (Å²) in [7, 11) is 0. The number of ether oxygens (including phenoxy) is 4. The van der Waals surface area contributed by atoms with E-state index in [1.54, 1.807) is 0 Å². The zero-order valence-electron chi connectivity index (χ0n) is 18.1. The summed E-state index contributed by atoms with van der Waals surface area (Å²) in [5, 5.41) is 8.88. The van der Waals surface area contributed by atoms with Crippen molar-refractivity contribution in [2.24, 2.45) is 5.92 Å². The molecule has 0 saturated carbocycles. The number of piperazine rings is 1. The van der Waals surface area contributed by atoms with Crippen molar-refractivity contribution in [1.29, 1.82) is 0 Å². The number of hydrogen-bond donors (Lipinski definition) is 1. The van der Waals surface area contributed by atoms with Crippen LogP contribution in [0.3, 0.4) is 0 Å². The number of unbranched alkanes of at least 4 members (excludes halogenated alkanes) is 1. The van der Waals surface area contributed by atoms with Crippen molar-refractivity contribution in [3.63, 3.8) is 0 Å². The molecule has 1 fully saturated rings. The summed E-state index contributed by atoms with van der Waals surface area (Å²) in [4.78, 5) is 17.2. The first-order valence-corrected chi connectivity index (χ1v) is 11.1. The molecule has 0 radical (unpaired) electrons. The first kappa shape index (κ1) is 21.9. The third-order valence-corrected chi connectivity index (χ3v) is 5.83. The molecule has 0 aromatic heterocycles. The minimum Gasteiger partial charge on any atom is -0.459 e. The van der Waals surface area contributed by atoms with Gasteiger partial charge in [0, 0.05) is 45.8 Å². The summed E-state index contributed by atoms with van der Waals surface area (Å²) in [6, 6.07) is 6.05. The van der Waals surface area contributed by atoms with Gasteiger partial charge in [0.25, 0.3) is 5.91 Å². The van der Waals surface area contributed by atoms with Gasteiger partial charge in [0.05, 0.1) is 6.61 Å². The van der Waals surface area contributed by atoms with Crippen LogP contribution < -0.4 is 9.47 Å². The maximum absolute atomic E-state index is 13.0. The van der Waals surface area contributed by atoms with E-state index in [0.717, 1.165) is 44.0 Å². The zero-order valence-corrected chi connectivity index (χ0v) is 18.1. The quantitative estimate of drug-likeness (QED) is 0.630. The first-order chi connectivity index (χ1) is 15.1. The summed E-state index contributed by atoms with van der Waals surface area (Å²) in [6.07, 6.45) is 3.74. The van der Waals surface area contributed by atoms with Crippen LogP contribution in [0.15, 0.2) is 30.0 Å². The number of aliphatic hydroxyl groups is 1. The van der Waals surface area contributed by atoms with Crippen LogP contribution >= 0.6 is 0 Å². The fourth-order valence-corrected chi connectivity index (χ4v) is 4.07. The van der Waals surface area contributed by atoms with Crippen LogP contribution in [0.25, 0.3) is 0 Å². The second-order valence-corrected chi connectivity index (χ2v) is 8.35. The molecule has 8 nitrogen and oxygen atoms in total. The Labute approximate surface area is 183 Å². The number of allylic oxidation sites excluding steroid dienone is 1. The molecule has 0 unspecified atom stereocenters. The molecular weight excluding hydrogens is 400 g/mol. The predicted molar refractivity (Wildman–Crippen MR) is 113 cm³/mol. The van der Waals surface area contributed by atoms with Crippen molar-refractivity contribution in [2.75, 3.05) is 46.2 Å². The lowest BCUT2D eigenvalue weighted by molar-refractivity contribution is -0.155. The predicted octanol–water partition coefficient (Wildman–Crippen LogP) is 2.11. The fourth-order valence-electron chi connectivity index (χ4n) is 4.07. The van der Waals surface area contributed by atoms with Crippen LogP contribution in [0.4, 0.5) is 0 Å². The van der Waals surface area contributed by atoms with E-state index in [9.17, 15) is 4.79 Å². The molecule has 4 rings (SSSR count). The Balaban J connectivity index is 1.25. The molecular formula is C23H32N2O6. The summed E-state index contributed by atoms with van der Waals surface area (Å²) in [5.74, 6) is 2.16. The first-order valence-electron chi connectivity index (χ1n) is 11.1. The highest BCUT2D eigenvalue weighted by molar-refractivity contribution is 5.91. The highest BCUT2D eigenvalue weighted by Crippen LogP contribution is 2.33. The van der Waals surface area contributed by atoms with E-state index in [0.29, 0.717) is 31.9 Å². The van der Waals surface area contributed by atoms with Crippen molar-refractivity contribution in [3.05, 3.63) is 35.6 Å². The largest absolute Gasteiger partial charge is 0.459 e. The molecule has 1 aromatic carbocycles. The standard InChI is InChI=1S/C23H32N2O6/c1-17-12-21(31-22(13-17)28-11-3-2-10-26)23(27)25-8-6-24(7-9-25)15-18-4-5-19-20(14-18)30-16-29-19/h4-5,12,14,17,22,26H,2-3,6-11,13,15-16H2,1H3/t17-,22+/m1/s1. The molecule has 1 N–H and O–H groups in total. The summed E-state index contributed by atoms with van der Waals surface area (Å²) in [5.41, 5.74) is 1.18. The van der Waals surface area contributed by atoms with Gasteiger partial charge in [-0.1, -0.05) is 13.0 Å². The van der Waals surface area contributed by atoms with Gasteiger partial charge in [-0.15, -0.1) is 0 Å². The molecule has 3 aliphatic heterocycles. The molecule has 0 bridgehead atoms. The van der Waals surface area contributed by atoms with Gasteiger partial charge in [-0.2, -0.15) is 0 Å². The van der Waals surface area contributed by atoms with Crippen LogP contribution in [-0.4, -0.2) is 73.3 Å². The number of carbonyl (C=O) groups is 1. The SMILES string of the molecule is C[C@@H]1C=C(C(=O)N2CCN(Cc3ccc4c(c3)OCO4)CC2)O[C@H](OCCCCO)C1. The van der Waals surface area contributed by atoms with Gasteiger partial charge in [-0.25, -0.2) is 0 Å². The molecule has 3 heterocycles. The number of aliphatic hydroxyl groups excluding tert-OH is 1. The zero-order chi connectivity index (χ0) is 21.6. The summed E-state index contributed by atoms with van der Waals surface area (Å²) in [6.45, 7) is 6.81. The monoisotopic (exact) mass is 432 g/mol. The lowest BCUT2D eigenvalue weighted by Crippen LogP contribution is -2.49. The maximum Gasteiger partial charge on any atom is 0.288 e. The van der Waals surface area contributed by atoms with Crippen molar-refractivity contribution < 1.29 is 28.8 Å². The number of amides is 1. The van der Waals surface area contributed by atoms with Crippen LogP contribution in [-0.2, 0) is 20.8 Å². The van der Waals surface area contributed by atoms with E-state index in [-0.39, 0.29) is 25.2 Å². The van der Waals surface area contributed by atoms with Crippen LogP contribution in [0.5, 0.6) is 11.5 Å². The number of nitrogens with zero attached hydrogens (tertiary/aromatic N) is 2. The molecule has 1 saturated heterocycles. The fraction of sp³-hybridized carbons (Fsp3) is 0.609. The van der Waals surface area contributed by atoms with Crippen molar-refractivity contribution >= 4 is 5.91 Å². The van der Waals surface area contributed by atoms with Gasteiger partial charge in [0.15, 0.2) is 17.3 Å². The second kappa shape index (κ2) is 10.3. The number of fused-ring (bicyclic) bond motifs is 1. The van der Waals surface area contributed by atoms with Crippen LogP contribution in [0, 0.1) is 5.92 Å². The third kappa shape index (κ3) is 5.70. The lowest BCUT2D eigenvalue weighted by atomic mass is 10.0. The molecule has 8 heteroatoms. The average molecular weight is 433 g/mol. The highest BCUT2D eigenvalue weighted by Gasteiger charge is 2.30. The molecule has 3 aliphatic rings. The molecule has 31 heavy (non-hydrogen) atoms. The van der Waals surface area contributed by atoms with E-state index in [4.69, 9.17) is 24.1 Å². The second-order valence-electron chi connectivity index (χ2n) is 8.35. The van der Waals surface area contributed by atoms with E-state index in [1.165, 1.54) is 5.56 Å². The Morgan fingerprint density at radius 1 is 1.16 bits per heavy atom. The van der Waals surface area contributed by atoms with Crippen LogP contribution in [0.1, 0.15) is 31.7 Å². The summed E-state index contributed by atoms with van der Waals surface area (Å²) >= 11 is 0. The topological polar surface area (TPSA) is 80.7 Å². The third-order valence-electron chi connectivity index (χ3n) is 5.83. The molecule has 2 atom stereocenters. The van der Waals surface area contributed by atoms with Crippen LogP contribution in [0.2, 0.25) is 0 Å². The molecule has 0 aliphatic carbocycles. The molecule has 170 valence electrons. The Morgan fingerprint density at radius 3 is 2.77 bits per heavy atom. The molecule has 1 aromatic rings.